The van der Waals surface area contributed by atoms with Crippen LogP contribution >= 0.6 is 31.9 Å². The minimum atomic E-state index is 0.339. The summed E-state index contributed by atoms with van der Waals surface area (Å²) in [5.74, 6) is 0.882. The van der Waals surface area contributed by atoms with E-state index in [4.69, 9.17) is 4.98 Å². The number of rotatable bonds is 2. The van der Waals surface area contributed by atoms with Crippen LogP contribution in [-0.4, -0.2) is 42.0 Å². The molecule has 0 unspecified atom stereocenters. The number of piperidine rings is 2. The number of fused-ring (bicyclic) bond motifs is 2. The monoisotopic (exact) mass is 571 g/mol. The van der Waals surface area contributed by atoms with Gasteiger partial charge in [-0.15, -0.1) is 0 Å². The van der Waals surface area contributed by atoms with Crippen LogP contribution in [0.25, 0.3) is 5.57 Å². The van der Waals surface area contributed by atoms with E-state index in [1.54, 1.807) is 0 Å². The van der Waals surface area contributed by atoms with Crippen molar-refractivity contribution in [3.05, 3.63) is 66.9 Å². The SMILES string of the molecule is Cc1cc(Br)c2c(c1)CCc1cc(Br)cnc1C2=C1CCN(C(=O)CC2CCNCC2)CC1. The van der Waals surface area contributed by atoms with Crippen LogP contribution in [0.5, 0.6) is 0 Å². The van der Waals surface area contributed by atoms with Crippen molar-refractivity contribution in [2.24, 2.45) is 5.92 Å². The molecule has 2 aliphatic heterocycles. The highest BCUT2D eigenvalue weighted by molar-refractivity contribution is 9.10. The Morgan fingerprint density at radius 2 is 1.79 bits per heavy atom. The largest absolute Gasteiger partial charge is 0.342 e. The van der Waals surface area contributed by atoms with E-state index in [0.29, 0.717) is 18.2 Å². The molecule has 2 saturated heterocycles. The van der Waals surface area contributed by atoms with Gasteiger partial charge in [-0.25, -0.2) is 0 Å². The molecule has 0 saturated carbocycles. The smallest absolute Gasteiger partial charge is 0.222 e. The van der Waals surface area contributed by atoms with Crippen LogP contribution in [0.15, 0.2) is 38.9 Å². The number of aromatic nitrogens is 1. The summed E-state index contributed by atoms with van der Waals surface area (Å²) in [6.45, 7) is 5.88. The number of hydrogen-bond acceptors (Lipinski definition) is 3. The minimum Gasteiger partial charge on any atom is -0.342 e. The number of aryl methyl sites for hydroxylation is 3. The Morgan fingerprint density at radius 3 is 2.55 bits per heavy atom. The molecule has 5 rings (SSSR count). The highest BCUT2D eigenvalue weighted by Gasteiger charge is 2.29. The molecule has 1 aromatic heterocycles. The van der Waals surface area contributed by atoms with E-state index in [-0.39, 0.29) is 0 Å². The normalized spacial score (nSPS) is 19.2. The van der Waals surface area contributed by atoms with E-state index >= 15 is 0 Å². The van der Waals surface area contributed by atoms with Crippen molar-refractivity contribution < 1.29 is 4.79 Å². The summed E-state index contributed by atoms with van der Waals surface area (Å²) < 4.78 is 2.19. The molecule has 1 N–H and O–H groups in total. The number of pyridine rings is 1. The molecular formula is C27H31Br2N3O. The third-order valence-electron chi connectivity index (χ3n) is 7.40. The zero-order valence-electron chi connectivity index (χ0n) is 19.2. The number of nitrogens with zero attached hydrogens (tertiary/aromatic N) is 2. The first-order chi connectivity index (χ1) is 16.0. The second-order valence-electron chi connectivity index (χ2n) is 9.70. The summed E-state index contributed by atoms with van der Waals surface area (Å²) in [5, 5.41) is 3.40. The molecule has 1 aromatic carbocycles. The maximum Gasteiger partial charge on any atom is 0.222 e. The predicted molar refractivity (Wildman–Crippen MR) is 140 cm³/mol. The van der Waals surface area contributed by atoms with Crippen LogP contribution in [0.2, 0.25) is 0 Å². The number of nitrogens with one attached hydrogen (secondary N) is 1. The van der Waals surface area contributed by atoms with Crippen LogP contribution in [-0.2, 0) is 17.6 Å². The van der Waals surface area contributed by atoms with Gasteiger partial charge < -0.3 is 10.2 Å². The topological polar surface area (TPSA) is 45.2 Å². The van der Waals surface area contributed by atoms with Crippen molar-refractivity contribution >= 4 is 43.3 Å². The Balaban J connectivity index is 1.46. The summed E-state index contributed by atoms with van der Waals surface area (Å²) >= 11 is 7.51. The minimum absolute atomic E-state index is 0.339. The van der Waals surface area contributed by atoms with Crippen molar-refractivity contribution in [2.45, 2.75) is 51.9 Å². The van der Waals surface area contributed by atoms with E-state index in [1.807, 2.05) is 6.20 Å². The lowest BCUT2D eigenvalue weighted by molar-refractivity contribution is -0.132. The Morgan fingerprint density at radius 1 is 1.06 bits per heavy atom. The number of carbonyl (C=O) groups excluding carboxylic acids is 1. The van der Waals surface area contributed by atoms with Crippen LogP contribution in [0.3, 0.4) is 0 Å². The molecule has 0 radical (unpaired) electrons. The first-order valence-corrected chi connectivity index (χ1v) is 13.7. The predicted octanol–water partition coefficient (Wildman–Crippen LogP) is 5.83. The molecule has 0 bridgehead atoms. The van der Waals surface area contributed by atoms with Gasteiger partial charge in [0.05, 0.1) is 5.69 Å². The molecule has 4 nitrogen and oxygen atoms in total. The standard InChI is InChI=1S/C27H31Br2N3O/c1-17-12-20-2-3-21-15-22(28)16-31-27(21)26(25(20)23(29)13-17)19-6-10-32(11-7-19)24(33)14-18-4-8-30-9-5-18/h12-13,15-16,18,30H,2-11,14H2,1H3. The summed E-state index contributed by atoms with van der Waals surface area (Å²) in [6, 6.07) is 6.79. The lowest BCUT2D eigenvalue weighted by atomic mass is 9.87. The van der Waals surface area contributed by atoms with E-state index in [9.17, 15) is 4.79 Å². The van der Waals surface area contributed by atoms with Gasteiger partial charge in [-0.1, -0.05) is 27.6 Å². The Hall–Kier alpha value is -1.50. The van der Waals surface area contributed by atoms with E-state index in [2.05, 4.69) is 67.2 Å². The summed E-state index contributed by atoms with van der Waals surface area (Å²) in [7, 11) is 0. The third kappa shape index (κ3) is 4.98. The Kier molecular flexibility index (Phi) is 7.05. The Bertz CT molecular complexity index is 1090. The molecule has 33 heavy (non-hydrogen) atoms. The van der Waals surface area contributed by atoms with Crippen molar-refractivity contribution in [1.82, 2.24) is 15.2 Å². The van der Waals surface area contributed by atoms with Crippen molar-refractivity contribution in [2.75, 3.05) is 26.2 Å². The van der Waals surface area contributed by atoms with Crippen molar-refractivity contribution in [3.63, 3.8) is 0 Å². The van der Waals surface area contributed by atoms with Crippen LogP contribution in [0, 0.1) is 12.8 Å². The second kappa shape index (κ2) is 10.0. The molecule has 6 heteroatoms. The van der Waals surface area contributed by atoms with Gasteiger partial charge in [-0.3, -0.25) is 9.78 Å². The molecule has 1 amide bonds. The number of likely N-dealkylation sites (tertiary alicyclic amines) is 1. The highest BCUT2D eigenvalue weighted by Crippen LogP contribution is 2.42. The van der Waals surface area contributed by atoms with E-state index < -0.39 is 0 Å². The molecule has 0 atom stereocenters. The number of halogens is 2. The van der Waals surface area contributed by atoms with E-state index in [0.717, 1.165) is 79.3 Å². The molecule has 0 spiro atoms. The number of benzene rings is 1. The first-order valence-electron chi connectivity index (χ1n) is 12.1. The molecule has 2 aromatic rings. The van der Waals surface area contributed by atoms with Gasteiger partial charge in [0.2, 0.25) is 5.91 Å². The molecule has 1 aliphatic carbocycles. The summed E-state index contributed by atoms with van der Waals surface area (Å²) in [5.41, 5.74) is 9.13. The van der Waals surface area contributed by atoms with Gasteiger partial charge >= 0.3 is 0 Å². The van der Waals surface area contributed by atoms with Gasteiger partial charge in [0, 0.05) is 45.8 Å². The molecule has 2 fully saturated rings. The van der Waals surface area contributed by atoms with Crippen LogP contribution in [0.4, 0.5) is 0 Å². The van der Waals surface area contributed by atoms with Crippen LogP contribution in [0.1, 0.15) is 60.1 Å². The lowest BCUT2D eigenvalue weighted by Crippen LogP contribution is -2.39. The van der Waals surface area contributed by atoms with Gasteiger partial charge in [0.25, 0.3) is 0 Å². The van der Waals surface area contributed by atoms with Gasteiger partial charge in [-0.2, -0.15) is 0 Å². The number of carbonyl (C=O) groups is 1. The highest BCUT2D eigenvalue weighted by atomic mass is 79.9. The molecular weight excluding hydrogens is 542 g/mol. The van der Waals surface area contributed by atoms with Crippen molar-refractivity contribution in [1.29, 1.82) is 0 Å². The fourth-order valence-electron chi connectivity index (χ4n) is 5.66. The Labute approximate surface area is 213 Å². The maximum absolute atomic E-state index is 13.0. The zero-order valence-corrected chi connectivity index (χ0v) is 22.4. The van der Waals surface area contributed by atoms with Gasteiger partial charge in [0.1, 0.15) is 0 Å². The average molecular weight is 573 g/mol. The maximum atomic E-state index is 13.0. The third-order valence-corrected chi connectivity index (χ3v) is 8.45. The average Bonchev–Trinajstić information content (AvgIpc) is 2.96. The number of hydrogen-bond donors (Lipinski definition) is 1. The van der Waals surface area contributed by atoms with Gasteiger partial charge in [0.15, 0.2) is 0 Å². The quantitative estimate of drug-likeness (QED) is 0.492. The fraction of sp³-hybridized carbons (Fsp3) is 0.481. The summed E-state index contributed by atoms with van der Waals surface area (Å²) in [4.78, 5) is 20.0. The lowest BCUT2D eigenvalue weighted by Gasteiger charge is -2.32. The molecule has 174 valence electrons. The zero-order chi connectivity index (χ0) is 22.9. The fourth-order valence-corrected chi connectivity index (χ4v) is 6.85. The second-order valence-corrected chi connectivity index (χ2v) is 11.5. The molecule has 3 aliphatic rings. The number of amides is 1. The molecule has 3 heterocycles. The van der Waals surface area contributed by atoms with Crippen LogP contribution < -0.4 is 5.32 Å². The summed E-state index contributed by atoms with van der Waals surface area (Å²) in [6.07, 6.45) is 8.72. The first kappa shape index (κ1) is 23.3. The van der Waals surface area contributed by atoms with Gasteiger partial charge in [-0.05, 0) is 109 Å². The van der Waals surface area contributed by atoms with Crippen molar-refractivity contribution in [3.8, 4) is 0 Å². The van der Waals surface area contributed by atoms with E-state index in [1.165, 1.54) is 33.4 Å².